The molecule has 1 aromatic rings. The topological polar surface area (TPSA) is 100 Å². The number of ether oxygens (including phenoxy) is 4. The molecule has 0 saturated carbocycles. The van der Waals surface area contributed by atoms with Gasteiger partial charge in [0.05, 0.1) is 20.3 Å². The molecular weight excluding hydrogens is 378 g/mol. The highest BCUT2D eigenvalue weighted by molar-refractivity contribution is 5.90. The fourth-order valence-corrected chi connectivity index (χ4v) is 2.70. The Morgan fingerprint density at radius 1 is 1.17 bits per heavy atom. The van der Waals surface area contributed by atoms with E-state index in [0.29, 0.717) is 31.1 Å². The quantitative estimate of drug-likeness (QED) is 0.522. The van der Waals surface area contributed by atoms with Crippen LogP contribution in [0.3, 0.4) is 0 Å². The predicted molar refractivity (Wildman–Crippen MR) is 105 cm³/mol. The smallest absolute Gasteiger partial charge is 0.331 e. The molecule has 0 spiro atoms. The van der Waals surface area contributed by atoms with Gasteiger partial charge in [-0.15, -0.1) is 0 Å². The van der Waals surface area contributed by atoms with E-state index in [1.807, 2.05) is 13.8 Å². The molecule has 1 N–H and O–H groups in total. The molecular formula is C21H27NO7. The summed E-state index contributed by atoms with van der Waals surface area (Å²) in [6, 6.07) is 4.56. The maximum absolute atomic E-state index is 12.0. The normalized spacial score (nSPS) is 14.2. The van der Waals surface area contributed by atoms with E-state index in [-0.39, 0.29) is 5.92 Å². The zero-order valence-electron chi connectivity index (χ0n) is 16.9. The summed E-state index contributed by atoms with van der Waals surface area (Å²) in [6.07, 6.45) is 4.02. The minimum absolute atomic E-state index is 0.181. The summed E-state index contributed by atoms with van der Waals surface area (Å²) in [5.41, 5.74) is 0.735. The van der Waals surface area contributed by atoms with Crippen LogP contribution in [-0.4, -0.2) is 50.8 Å². The van der Waals surface area contributed by atoms with E-state index in [0.717, 1.165) is 12.0 Å². The zero-order valence-corrected chi connectivity index (χ0v) is 16.9. The summed E-state index contributed by atoms with van der Waals surface area (Å²) in [6.45, 7) is 4.53. The number of methoxy groups -OCH3 is 1. The molecule has 1 aliphatic rings. The van der Waals surface area contributed by atoms with Crippen molar-refractivity contribution in [3.8, 4) is 11.5 Å². The average molecular weight is 405 g/mol. The van der Waals surface area contributed by atoms with Gasteiger partial charge in [-0.05, 0) is 36.1 Å². The van der Waals surface area contributed by atoms with Gasteiger partial charge < -0.3 is 24.3 Å². The van der Waals surface area contributed by atoms with Gasteiger partial charge in [0, 0.05) is 12.5 Å². The van der Waals surface area contributed by atoms with Gasteiger partial charge in [0.1, 0.15) is 6.04 Å². The van der Waals surface area contributed by atoms with Crippen molar-refractivity contribution in [3.63, 3.8) is 0 Å². The number of fused-ring (bicyclic) bond motifs is 1. The Morgan fingerprint density at radius 2 is 1.90 bits per heavy atom. The van der Waals surface area contributed by atoms with Crippen LogP contribution in [0.4, 0.5) is 0 Å². The maximum Gasteiger partial charge on any atom is 0.331 e. The molecule has 2 rings (SSSR count). The lowest BCUT2D eigenvalue weighted by molar-refractivity contribution is -0.148. The Morgan fingerprint density at radius 3 is 2.59 bits per heavy atom. The summed E-state index contributed by atoms with van der Waals surface area (Å²) in [5.74, 6) is -0.311. The first-order chi connectivity index (χ1) is 13.9. The number of benzene rings is 1. The van der Waals surface area contributed by atoms with E-state index in [1.165, 1.54) is 13.2 Å². The number of carbonyl (C=O) groups is 3. The van der Waals surface area contributed by atoms with Gasteiger partial charge in [-0.3, -0.25) is 4.79 Å². The molecule has 0 fully saturated rings. The number of hydrogen-bond acceptors (Lipinski definition) is 7. The number of carbonyl (C=O) groups excluding carboxylic acids is 3. The van der Waals surface area contributed by atoms with Gasteiger partial charge >= 0.3 is 11.9 Å². The largest absolute Gasteiger partial charge is 0.490 e. The van der Waals surface area contributed by atoms with Gasteiger partial charge in [-0.2, -0.15) is 0 Å². The van der Waals surface area contributed by atoms with Crippen molar-refractivity contribution in [2.24, 2.45) is 5.92 Å². The molecule has 0 saturated heterocycles. The lowest BCUT2D eigenvalue weighted by atomic mass is 10.0. The highest BCUT2D eigenvalue weighted by Crippen LogP contribution is 2.30. The fraction of sp³-hybridized carbons (Fsp3) is 0.476. The monoisotopic (exact) mass is 405 g/mol. The maximum atomic E-state index is 12.0. The molecule has 1 amide bonds. The summed E-state index contributed by atoms with van der Waals surface area (Å²) in [5, 5.41) is 2.52. The second-order valence-electron chi connectivity index (χ2n) is 6.97. The minimum atomic E-state index is -0.774. The minimum Gasteiger partial charge on any atom is -0.490 e. The summed E-state index contributed by atoms with van der Waals surface area (Å²) in [7, 11) is 1.26. The lowest BCUT2D eigenvalue weighted by Crippen LogP contribution is -2.44. The molecule has 0 aromatic heterocycles. The van der Waals surface area contributed by atoms with E-state index in [1.54, 1.807) is 24.3 Å². The molecule has 8 nitrogen and oxygen atoms in total. The highest BCUT2D eigenvalue weighted by Gasteiger charge is 2.22. The van der Waals surface area contributed by atoms with Crippen LogP contribution in [0.2, 0.25) is 0 Å². The van der Waals surface area contributed by atoms with Crippen LogP contribution in [0.1, 0.15) is 32.3 Å². The Hall–Kier alpha value is -3.03. The number of amides is 1. The molecule has 1 aromatic carbocycles. The molecule has 0 aliphatic carbocycles. The molecule has 1 heterocycles. The summed E-state index contributed by atoms with van der Waals surface area (Å²) < 4.78 is 20.8. The third kappa shape index (κ3) is 7.48. The Kier molecular flexibility index (Phi) is 8.51. The molecule has 1 atom stereocenters. The van der Waals surface area contributed by atoms with Gasteiger partial charge in [0.25, 0.3) is 5.91 Å². The molecule has 0 radical (unpaired) electrons. The van der Waals surface area contributed by atoms with Gasteiger partial charge in [-0.25, -0.2) is 9.59 Å². The van der Waals surface area contributed by atoms with Crippen LogP contribution in [0.15, 0.2) is 24.3 Å². The predicted octanol–water partition coefficient (Wildman–Crippen LogP) is 2.11. The van der Waals surface area contributed by atoms with Crippen molar-refractivity contribution in [1.82, 2.24) is 5.32 Å². The number of hydrogen-bond donors (Lipinski definition) is 1. The molecule has 29 heavy (non-hydrogen) atoms. The first-order valence-corrected chi connectivity index (χ1v) is 9.50. The van der Waals surface area contributed by atoms with Gasteiger partial charge in [-0.1, -0.05) is 19.9 Å². The molecule has 0 bridgehead atoms. The average Bonchev–Trinajstić information content (AvgIpc) is 2.94. The number of nitrogens with one attached hydrogen (secondary N) is 1. The molecule has 1 aliphatic heterocycles. The zero-order chi connectivity index (χ0) is 21.2. The van der Waals surface area contributed by atoms with E-state index < -0.39 is 30.5 Å². The number of rotatable bonds is 8. The van der Waals surface area contributed by atoms with Crippen LogP contribution in [0, 0.1) is 5.92 Å². The SMILES string of the molecule is COC(=O)[C@H](CC(C)C)NC(=O)COC(=O)/C=C/c1ccc2c(c1)OCCCO2. The van der Waals surface area contributed by atoms with Gasteiger partial charge in [0.2, 0.25) is 0 Å². The van der Waals surface area contributed by atoms with E-state index in [9.17, 15) is 14.4 Å². The second kappa shape index (κ2) is 11.1. The molecule has 158 valence electrons. The fourth-order valence-electron chi connectivity index (χ4n) is 2.70. The van der Waals surface area contributed by atoms with E-state index in [4.69, 9.17) is 14.2 Å². The van der Waals surface area contributed by atoms with Crippen molar-refractivity contribution in [1.29, 1.82) is 0 Å². The Bertz CT molecular complexity index is 757. The first kappa shape index (κ1) is 22.3. The third-order valence-electron chi connectivity index (χ3n) is 4.06. The van der Waals surface area contributed by atoms with Crippen LogP contribution in [0.25, 0.3) is 6.08 Å². The van der Waals surface area contributed by atoms with Crippen LogP contribution >= 0.6 is 0 Å². The lowest BCUT2D eigenvalue weighted by Gasteiger charge is -2.18. The standard InChI is InChI=1S/C21H27NO7/c1-14(2)11-16(21(25)26-3)22-19(23)13-29-20(24)8-6-15-5-7-17-18(12-15)28-10-4-9-27-17/h5-8,12,14,16H,4,9-11,13H2,1-3H3,(H,22,23)/b8-6+/t16-/m0/s1. The summed E-state index contributed by atoms with van der Waals surface area (Å²) in [4.78, 5) is 35.6. The van der Waals surface area contributed by atoms with Crippen molar-refractivity contribution in [2.45, 2.75) is 32.7 Å². The molecule has 0 unspecified atom stereocenters. The van der Waals surface area contributed by atoms with Crippen molar-refractivity contribution >= 4 is 23.9 Å². The van der Waals surface area contributed by atoms with Gasteiger partial charge in [0.15, 0.2) is 18.1 Å². The second-order valence-corrected chi connectivity index (χ2v) is 6.97. The van der Waals surface area contributed by atoms with Crippen LogP contribution in [0.5, 0.6) is 11.5 Å². The van der Waals surface area contributed by atoms with Crippen molar-refractivity contribution in [2.75, 3.05) is 26.9 Å². The van der Waals surface area contributed by atoms with Crippen LogP contribution in [-0.2, 0) is 23.9 Å². The van der Waals surface area contributed by atoms with Crippen molar-refractivity contribution < 1.29 is 33.3 Å². The highest BCUT2D eigenvalue weighted by atomic mass is 16.5. The first-order valence-electron chi connectivity index (χ1n) is 9.50. The van der Waals surface area contributed by atoms with E-state index >= 15 is 0 Å². The number of esters is 2. The van der Waals surface area contributed by atoms with Crippen molar-refractivity contribution in [3.05, 3.63) is 29.8 Å². The summed E-state index contributed by atoms with van der Waals surface area (Å²) >= 11 is 0. The van der Waals surface area contributed by atoms with E-state index in [2.05, 4.69) is 10.1 Å². The Balaban J connectivity index is 1.85. The van der Waals surface area contributed by atoms with Crippen LogP contribution < -0.4 is 14.8 Å². The molecule has 8 heteroatoms. The Labute approximate surface area is 170 Å². The third-order valence-corrected chi connectivity index (χ3v) is 4.06.